The molecule has 2 heterocycles. The van der Waals surface area contributed by atoms with Gasteiger partial charge in [0, 0.05) is 32.2 Å². The molecule has 136 valence electrons. The molecular formula is C18H34N6. The van der Waals surface area contributed by atoms with Gasteiger partial charge in [0.1, 0.15) is 0 Å². The average Bonchev–Trinajstić information content (AvgIpc) is 3.28. The molecule has 1 saturated carbocycles. The van der Waals surface area contributed by atoms with E-state index in [1.807, 2.05) is 4.68 Å². The lowest BCUT2D eigenvalue weighted by molar-refractivity contribution is 0.0617. The van der Waals surface area contributed by atoms with E-state index in [2.05, 4.69) is 46.1 Å². The minimum atomic E-state index is 0.318. The molecule has 1 unspecified atom stereocenters. The van der Waals surface area contributed by atoms with Crippen molar-refractivity contribution in [3.63, 3.8) is 0 Å². The van der Waals surface area contributed by atoms with Crippen LogP contribution in [0.2, 0.25) is 0 Å². The summed E-state index contributed by atoms with van der Waals surface area (Å²) < 4.78 is 2.02. The van der Waals surface area contributed by atoms with Crippen molar-refractivity contribution < 1.29 is 0 Å². The molecule has 0 radical (unpaired) electrons. The Morgan fingerprint density at radius 2 is 1.79 bits per heavy atom. The average molecular weight is 335 g/mol. The fourth-order valence-corrected chi connectivity index (χ4v) is 4.34. The minimum absolute atomic E-state index is 0.318. The molecule has 0 spiro atoms. The highest BCUT2D eigenvalue weighted by molar-refractivity contribution is 4.96. The van der Waals surface area contributed by atoms with Gasteiger partial charge in [-0.1, -0.05) is 32.6 Å². The zero-order valence-electron chi connectivity index (χ0n) is 15.7. The third kappa shape index (κ3) is 3.97. The van der Waals surface area contributed by atoms with Crippen LogP contribution in [0.15, 0.2) is 0 Å². The van der Waals surface area contributed by atoms with Gasteiger partial charge in [0.15, 0.2) is 5.82 Å². The third-order valence-electron chi connectivity index (χ3n) is 5.77. The van der Waals surface area contributed by atoms with Gasteiger partial charge in [-0.05, 0) is 43.5 Å². The highest BCUT2D eigenvalue weighted by atomic mass is 15.6. The third-order valence-corrected chi connectivity index (χ3v) is 5.77. The Morgan fingerprint density at radius 1 is 1.08 bits per heavy atom. The maximum Gasteiger partial charge on any atom is 0.168 e. The SMILES string of the molecule is CCCCC(c1nnnn1C(C)C)N1CCN(C2CCCC2)CC1. The highest BCUT2D eigenvalue weighted by Crippen LogP contribution is 2.29. The van der Waals surface area contributed by atoms with Gasteiger partial charge in [-0.2, -0.15) is 0 Å². The monoisotopic (exact) mass is 334 g/mol. The summed E-state index contributed by atoms with van der Waals surface area (Å²) >= 11 is 0. The molecule has 1 aliphatic carbocycles. The number of piperazine rings is 1. The van der Waals surface area contributed by atoms with E-state index in [9.17, 15) is 0 Å². The van der Waals surface area contributed by atoms with Crippen molar-refractivity contribution in [2.75, 3.05) is 26.2 Å². The van der Waals surface area contributed by atoms with Gasteiger partial charge in [0.25, 0.3) is 0 Å². The number of nitrogens with zero attached hydrogens (tertiary/aromatic N) is 6. The Hall–Kier alpha value is -1.01. The number of aromatic nitrogens is 4. The van der Waals surface area contributed by atoms with Gasteiger partial charge in [0.2, 0.25) is 0 Å². The van der Waals surface area contributed by atoms with Crippen LogP contribution in [-0.4, -0.2) is 62.2 Å². The molecule has 0 N–H and O–H groups in total. The first-order valence-corrected chi connectivity index (χ1v) is 9.96. The smallest absolute Gasteiger partial charge is 0.168 e. The van der Waals surface area contributed by atoms with Crippen molar-refractivity contribution in [3.05, 3.63) is 5.82 Å². The molecule has 1 saturated heterocycles. The predicted molar refractivity (Wildman–Crippen MR) is 95.9 cm³/mol. The van der Waals surface area contributed by atoms with E-state index in [0.717, 1.165) is 31.4 Å². The fraction of sp³-hybridized carbons (Fsp3) is 0.944. The van der Waals surface area contributed by atoms with Crippen LogP contribution in [0.5, 0.6) is 0 Å². The molecule has 6 heteroatoms. The van der Waals surface area contributed by atoms with Gasteiger partial charge < -0.3 is 0 Å². The largest absolute Gasteiger partial charge is 0.298 e. The summed E-state index contributed by atoms with van der Waals surface area (Å²) in [5.74, 6) is 1.06. The first-order chi connectivity index (χ1) is 11.7. The lowest BCUT2D eigenvalue weighted by atomic mass is 10.1. The number of unbranched alkanes of at least 4 members (excludes halogenated alkanes) is 1. The summed E-state index contributed by atoms with van der Waals surface area (Å²) in [6, 6.07) is 1.54. The number of hydrogen-bond donors (Lipinski definition) is 0. The van der Waals surface area contributed by atoms with E-state index in [4.69, 9.17) is 0 Å². The molecule has 1 atom stereocenters. The molecule has 0 bridgehead atoms. The molecule has 1 aromatic rings. The van der Waals surface area contributed by atoms with Crippen LogP contribution >= 0.6 is 0 Å². The quantitative estimate of drug-likeness (QED) is 0.767. The predicted octanol–water partition coefficient (Wildman–Crippen LogP) is 3.05. The Morgan fingerprint density at radius 3 is 2.42 bits per heavy atom. The van der Waals surface area contributed by atoms with Gasteiger partial charge in [0.05, 0.1) is 12.1 Å². The fourth-order valence-electron chi connectivity index (χ4n) is 4.34. The molecule has 3 rings (SSSR count). The van der Waals surface area contributed by atoms with Crippen LogP contribution in [0.25, 0.3) is 0 Å². The van der Waals surface area contributed by atoms with Crippen molar-refractivity contribution in [1.29, 1.82) is 0 Å². The summed E-state index contributed by atoms with van der Waals surface area (Å²) in [5, 5.41) is 12.6. The van der Waals surface area contributed by atoms with Crippen LogP contribution in [0.1, 0.15) is 83.6 Å². The van der Waals surface area contributed by atoms with E-state index in [1.54, 1.807) is 0 Å². The molecule has 24 heavy (non-hydrogen) atoms. The first-order valence-electron chi connectivity index (χ1n) is 9.96. The van der Waals surface area contributed by atoms with Gasteiger partial charge in [-0.15, -0.1) is 5.10 Å². The van der Waals surface area contributed by atoms with Gasteiger partial charge in [-0.3, -0.25) is 9.80 Å². The standard InChI is InChI=1S/C18H34N6/c1-4-5-10-17(18-19-20-21-24(18)15(2)3)23-13-11-22(12-14-23)16-8-6-7-9-16/h15-17H,4-14H2,1-3H3. The molecule has 1 aromatic heterocycles. The van der Waals surface area contributed by atoms with Crippen molar-refractivity contribution in [1.82, 2.24) is 30.0 Å². The molecule has 2 aliphatic rings. The lowest BCUT2D eigenvalue weighted by Gasteiger charge is -2.41. The van der Waals surface area contributed by atoms with E-state index in [-0.39, 0.29) is 0 Å². The maximum atomic E-state index is 4.41. The van der Waals surface area contributed by atoms with Crippen molar-refractivity contribution >= 4 is 0 Å². The summed E-state index contributed by atoms with van der Waals surface area (Å²) in [6.45, 7) is 11.3. The van der Waals surface area contributed by atoms with Crippen molar-refractivity contribution in [2.24, 2.45) is 0 Å². The van der Waals surface area contributed by atoms with Crippen LogP contribution in [0, 0.1) is 0 Å². The zero-order valence-corrected chi connectivity index (χ0v) is 15.7. The molecule has 0 amide bonds. The van der Waals surface area contributed by atoms with E-state index in [0.29, 0.717) is 12.1 Å². The molecule has 1 aliphatic heterocycles. The molecular weight excluding hydrogens is 300 g/mol. The Labute approximate surface area is 146 Å². The lowest BCUT2D eigenvalue weighted by Crippen LogP contribution is -2.50. The van der Waals surface area contributed by atoms with Gasteiger partial charge in [-0.25, -0.2) is 4.68 Å². The van der Waals surface area contributed by atoms with Crippen LogP contribution < -0.4 is 0 Å². The molecule has 6 nitrogen and oxygen atoms in total. The second kappa shape index (κ2) is 8.39. The van der Waals surface area contributed by atoms with Crippen LogP contribution in [0.3, 0.4) is 0 Å². The van der Waals surface area contributed by atoms with E-state index in [1.165, 1.54) is 51.6 Å². The topological polar surface area (TPSA) is 50.1 Å². The van der Waals surface area contributed by atoms with E-state index >= 15 is 0 Å². The van der Waals surface area contributed by atoms with Crippen molar-refractivity contribution in [3.8, 4) is 0 Å². The zero-order chi connectivity index (χ0) is 16.9. The Kier molecular flexibility index (Phi) is 6.22. The van der Waals surface area contributed by atoms with Gasteiger partial charge >= 0.3 is 0 Å². The Balaban J connectivity index is 1.67. The van der Waals surface area contributed by atoms with Crippen molar-refractivity contribution in [2.45, 2.75) is 83.8 Å². The normalized spacial score (nSPS) is 22.5. The van der Waals surface area contributed by atoms with Crippen LogP contribution in [-0.2, 0) is 0 Å². The second-order valence-corrected chi connectivity index (χ2v) is 7.74. The highest BCUT2D eigenvalue weighted by Gasteiger charge is 2.31. The number of hydrogen-bond acceptors (Lipinski definition) is 5. The Bertz CT molecular complexity index is 485. The summed E-state index contributed by atoms with van der Waals surface area (Å²) in [6.07, 6.45) is 9.28. The van der Waals surface area contributed by atoms with Crippen LogP contribution in [0.4, 0.5) is 0 Å². The maximum absolute atomic E-state index is 4.41. The molecule has 2 fully saturated rings. The molecule has 0 aromatic carbocycles. The number of tetrazole rings is 1. The first kappa shape index (κ1) is 17.8. The summed E-state index contributed by atoms with van der Waals surface area (Å²) in [4.78, 5) is 5.36. The summed E-state index contributed by atoms with van der Waals surface area (Å²) in [5.41, 5.74) is 0. The summed E-state index contributed by atoms with van der Waals surface area (Å²) in [7, 11) is 0. The second-order valence-electron chi connectivity index (χ2n) is 7.74. The number of rotatable bonds is 7. The minimum Gasteiger partial charge on any atom is -0.298 e. The van der Waals surface area contributed by atoms with E-state index < -0.39 is 0 Å².